The number of carbonyl (C=O) groups excluding carboxylic acids is 1. The lowest BCUT2D eigenvalue weighted by Crippen LogP contribution is -2.36. The van der Waals surface area contributed by atoms with Crippen LogP contribution in [0.15, 0.2) is 0 Å². The summed E-state index contributed by atoms with van der Waals surface area (Å²) in [5.74, 6) is -0.427. The zero-order chi connectivity index (χ0) is 9.68. The van der Waals surface area contributed by atoms with Crippen LogP contribution >= 0.6 is 0 Å². The molecule has 1 unspecified atom stereocenters. The van der Waals surface area contributed by atoms with Gasteiger partial charge in [-0.05, 0) is 32.1 Å². The molecule has 0 spiro atoms. The van der Waals surface area contributed by atoms with Crippen molar-refractivity contribution in [3.63, 3.8) is 0 Å². The lowest BCUT2D eigenvalue weighted by Gasteiger charge is -2.25. The van der Waals surface area contributed by atoms with E-state index in [4.69, 9.17) is 16.2 Å². The number of primary amides is 1. The number of rotatable bonds is 6. The molecule has 4 N–H and O–H groups in total. The Morgan fingerprint density at radius 2 is 2.23 bits per heavy atom. The number of amides is 1. The van der Waals surface area contributed by atoms with Crippen LogP contribution in [0.4, 0.5) is 0 Å². The van der Waals surface area contributed by atoms with E-state index in [9.17, 15) is 4.79 Å². The maximum atomic E-state index is 10.6. The molecule has 76 valence electrons. The van der Waals surface area contributed by atoms with E-state index in [0.29, 0.717) is 19.1 Å². The Labute approximate surface area is 78.6 Å². The summed E-state index contributed by atoms with van der Waals surface area (Å²) in [6.45, 7) is 0.700. The van der Waals surface area contributed by atoms with Gasteiger partial charge in [0.25, 0.3) is 0 Å². The summed E-state index contributed by atoms with van der Waals surface area (Å²) < 4.78 is 5.50. The Morgan fingerprint density at radius 1 is 1.54 bits per heavy atom. The van der Waals surface area contributed by atoms with Gasteiger partial charge in [-0.25, -0.2) is 0 Å². The zero-order valence-electron chi connectivity index (χ0n) is 7.87. The van der Waals surface area contributed by atoms with Crippen molar-refractivity contribution in [2.24, 2.45) is 11.5 Å². The minimum Gasteiger partial charge on any atom is -0.378 e. The van der Waals surface area contributed by atoms with Crippen LogP contribution in [-0.2, 0) is 9.53 Å². The largest absolute Gasteiger partial charge is 0.378 e. The molecule has 0 aromatic rings. The Morgan fingerprint density at radius 3 is 2.69 bits per heavy atom. The molecular weight excluding hydrogens is 168 g/mol. The highest BCUT2D eigenvalue weighted by atomic mass is 16.5. The highest BCUT2D eigenvalue weighted by molar-refractivity contribution is 5.79. The predicted molar refractivity (Wildman–Crippen MR) is 50.0 cm³/mol. The van der Waals surface area contributed by atoms with E-state index in [1.54, 1.807) is 0 Å². The molecule has 13 heavy (non-hydrogen) atoms. The van der Waals surface area contributed by atoms with Gasteiger partial charge < -0.3 is 16.2 Å². The SMILES string of the molecule is NC(=O)C(N)CCCOC1CCC1. The minimum absolute atomic E-state index is 0.427. The van der Waals surface area contributed by atoms with Crippen molar-refractivity contribution < 1.29 is 9.53 Å². The molecule has 0 bridgehead atoms. The molecule has 0 heterocycles. The van der Waals surface area contributed by atoms with Gasteiger partial charge in [0.15, 0.2) is 0 Å². The molecule has 1 amide bonds. The smallest absolute Gasteiger partial charge is 0.234 e. The molecule has 0 aliphatic heterocycles. The summed E-state index contributed by atoms with van der Waals surface area (Å²) in [5, 5.41) is 0. The van der Waals surface area contributed by atoms with E-state index in [2.05, 4.69) is 0 Å². The Kier molecular flexibility index (Phi) is 4.18. The lowest BCUT2D eigenvalue weighted by atomic mass is 9.96. The van der Waals surface area contributed by atoms with Crippen molar-refractivity contribution >= 4 is 5.91 Å². The van der Waals surface area contributed by atoms with Gasteiger partial charge in [0.1, 0.15) is 0 Å². The Hall–Kier alpha value is -0.610. The standard InChI is InChI=1S/C9H18N2O2/c10-8(9(11)12)5-2-6-13-7-3-1-4-7/h7-8H,1-6,10H2,(H2,11,12). The Bertz CT molecular complexity index is 169. The van der Waals surface area contributed by atoms with Crippen LogP contribution in [0.3, 0.4) is 0 Å². The molecule has 0 radical (unpaired) electrons. The maximum Gasteiger partial charge on any atom is 0.234 e. The maximum absolute atomic E-state index is 10.6. The van der Waals surface area contributed by atoms with Gasteiger partial charge in [-0.1, -0.05) is 0 Å². The molecule has 4 nitrogen and oxygen atoms in total. The summed E-state index contributed by atoms with van der Waals surface area (Å²) in [6.07, 6.45) is 5.56. The van der Waals surface area contributed by atoms with Crippen LogP contribution in [0.25, 0.3) is 0 Å². The predicted octanol–water partition coefficient (Wildman–Crippen LogP) is 0.148. The molecule has 0 saturated heterocycles. The lowest BCUT2D eigenvalue weighted by molar-refractivity contribution is -0.119. The summed E-state index contributed by atoms with van der Waals surface area (Å²) in [5.41, 5.74) is 10.5. The second-order valence-corrected chi connectivity index (χ2v) is 3.57. The molecule has 1 saturated carbocycles. The minimum atomic E-state index is -0.509. The van der Waals surface area contributed by atoms with Crippen LogP contribution in [0.5, 0.6) is 0 Å². The van der Waals surface area contributed by atoms with E-state index in [1.165, 1.54) is 19.3 Å². The first-order chi connectivity index (χ1) is 6.20. The first-order valence-corrected chi connectivity index (χ1v) is 4.86. The fourth-order valence-corrected chi connectivity index (χ4v) is 1.23. The van der Waals surface area contributed by atoms with E-state index >= 15 is 0 Å². The number of hydrogen-bond donors (Lipinski definition) is 2. The summed E-state index contributed by atoms with van der Waals surface area (Å²) >= 11 is 0. The van der Waals surface area contributed by atoms with Gasteiger partial charge in [0.2, 0.25) is 5.91 Å². The van der Waals surface area contributed by atoms with Gasteiger partial charge in [0.05, 0.1) is 12.1 Å². The van der Waals surface area contributed by atoms with Gasteiger partial charge in [0, 0.05) is 6.61 Å². The molecule has 4 heteroatoms. The van der Waals surface area contributed by atoms with E-state index in [0.717, 1.165) is 6.42 Å². The van der Waals surface area contributed by atoms with Crippen molar-refractivity contribution in [2.45, 2.75) is 44.2 Å². The molecule has 1 aliphatic rings. The second kappa shape index (κ2) is 5.19. The van der Waals surface area contributed by atoms with Crippen molar-refractivity contribution in [3.05, 3.63) is 0 Å². The first kappa shape index (κ1) is 10.5. The summed E-state index contributed by atoms with van der Waals surface area (Å²) in [4.78, 5) is 10.6. The van der Waals surface area contributed by atoms with Crippen LogP contribution in [-0.4, -0.2) is 24.7 Å². The molecular formula is C9H18N2O2. The van der Waals surface area contributed by atoms with Crippen LogP contribution in [0.1, 0.15) is 32.1 Å². The van der Waals surface area contributed by atoms with Crippen molar-refractivity contribution in [1.29, 1.82) is 0 Å². The third-order valence-electron chi connectivity index (χ3n) is 2.43. The monoisotopic (exact) mass is 186 g/mol. The average Bonchev–Trinajstić information content (AvgIpc) is 2.00. The van der Waals surface area contributed by atoms with Crippen LogP contribution in [0, 0.1) is 0 Å². The molecule has 1 aliphatic carbocycles. The zero-order valence-corrected chi connectivity index (χ0v) is 7.87. The number of hydrogen-bond acceptors (Lipinski definition) is 3. The Balaban J connectivity index is 1.90. The molecule has 1 atom stereocenters. The topological polar surface area (TPSA) is 78.3 Å². The molecule has 1 rings (SSSR count). The van der Waals surface area contributed by atoms with E-state index in [1.807, 2.05) is 0 Å². The van der Waals surface area contributed by atoms with Gasteiger partial charge in [-0.15, -0.1) is 0 Å². The molecule has 0 aromatic carbocycles. The normalized spacial score (nSPS) is 19.5. The summed E-state index contributed by atoms with van der Waals surface area (Å²) in [6, 6.07) is -0.509. The quantitative estimate of drug-likeness (QED) is 0.579. The first-order valence-electron chi connectivity index (χ1n) is 4.86. The molecule has 1 fully saturated rings. The summed E-state index contributed by atoms with van der Waals surface area (Å²) in [7, 11) is 0. The second-order valence-electron chi connectivity index (χ2n) is 3.57. The number of ether oxygens (including phenoxy) is 1. The third kappa shape index (κ3) is 3.74. The number of carbonyl (C=O) groups is 1. The fraction of sp³-hybridized carbons (Fsp3) is 0.889. The van der Waals surface area contributed by atoms with E-state index in [-0.39, 0.29) is 0 Å². The average molecular weight is 186 g/mol. The van der Waals surface area contributed by atoms with Gasteiger partial charge in [-0.2, -0.15) is 0 Å². The van der Waals surface area contributed by atoms with Gasteiger partial charge >= 0.3 is 0 Å². The van der Waals surface area contributed by atoms with Crippen LogP contribution < -0.4 is 11.5 Å². The van der Waals surface area contributed by atoms with Crippen molar-refractivity contribution in [2.75, 3.05) is 6.61 Å². The van der Waals surface area contributed by atoms with Crippen molar-refractivity contribution in [1.82, 2.24) is 0 Å². The highest BCUT2D eigenvalue weighted by Gasteiger charge is 2.17. The van der Waals surface area contributed by atoms with E-state index < -0.39 is 11.9 Å². The number of nitrogens with two attached hydrogens (primary N) is 2. The highest BCUT2D eigenvalue weighted by Crippen LogP contribution is 2.21. The van der Waals surface area contributed by atoms with Gasteiger partial charge in [-0.3, -0.25) is 4.79 Å². The molecule has 0 aromatic heterocycles. The van der Waals surface area contributed by atoms with Crippen LogP contribution in [0.2, 0.25) is 0 Å². The van der Waals surface area contributed by atoms with Crippen molar-refractivity contribution in [3.8, 4) is 0 Å². The fourth-order valence-electron chi connectivity index (χ4n) is 1.23. The third-order valence-corrected chi connectivity index (χ3v) is 2.43.